The molecule has 0 radical (unpaired) electrons. The van der Waals surface area contributed by atoms with Crippen molar-refractivity contribution in [2.24, 2.45) is 0 Å². The van der Waals surface area contributed by atoms with E-state index in [1.54, 1.807) is 6.07 Å². The van der Waals surface area contributed by atoms with Crippen LogP contribution in [0.25, 0.3) is 0 Å². The highest BCUT2D eigenvalue weighted by molar-refractivity contribution is 5.62. The Balaban J connectivity index is 1.97. The van der Waals surface area contributed by atoms with Crippen molar-refractivity contribution in [2.45, 2.75) is 55.8 Å². The first-order chi connectivity index (χ1) is 10.5. The lowest BCUT2D eigenvalue weighted by Gasteiger charge is -2.57. The molecule has 22 heavy (non-hydrogen) atoms. The lowest BCUT2D eigenvalue weighted by molar-refractivity contribution is -0.131. The molecule has 0 amide bonds. The third-order valence-corrected chi connectivity index (χ3v) is 5.98. The smallest absolute Gasteiger partial charge is 0.165 e. The first-order valence-corrected chi connectivity index (χ1v) is 7.96. The average Bonchev–Trinajstić information content (AvgIpc) is 2.78. The molecule has 1 spiro atoms. The Kier molecular flexibility index (Phi) is 2.84. The number of phenolic OH excluding ortho intramolecular Hbond substituents is 1. The van der Waals surface area contributed by atoms with Gasteiger partial charge in [-0.1, -0.05) is 6.07 Å². The second-order valence-corrected chi connectivity index (χ2v) is 6.77. The fraction of sp³-hybridized carbons (Fsp3) is 0.588. The Bertz CT molecular complexity index is 646. The van der Waals surface area contributed by atoms with Gasteiger partial charge < -0.3 is 25.1 Å². The first-order valence-electron chi connectivity index (χ1n) is 7.96. The summed E-state index contributed by atoms with van der Waals surface area (Å²) in [7, 11) is 0. The number of benzene rings is 1. The van der Waals surface area contributed by atoms with Crippen LogP contribution in [0.5, 0.6) is 11.5 Å². The Hall–Kier alpha value is -1.59. The van der Waals surface area contributed by atoms with Gasteiger partial charge in [0.25, 0.3) is 0 Å². The Morgan fingerprint density at radius 1 is 1.50 bits per heavy atom. The molecule has 1 aromatic rings. The van der Waals surface area contributed by atoms with Gasteiger partial charge in [0, 0.05) is 18.0 Å². The van der Waals surface area contributed by atoms with E-state index >= 15 is 0 Å². The summed E-state index contributed by atoms with van der Waals surface area (Å²) in [5.74, 6) is 0.659. The van der Waals surface area contributed by atoms with Crippen molar-refractivity contribution in [3.8, 4) is 11.5 Å². The van der Waals surface area contributed by atoms with Crippen LogP contribution in [-0.2, 0) is 16.6 Å². The summed E-state index contributed by atoms with van der Waals surface area (Å²) in [6.45, 7) is 2.76. The van der Waals surface area contributed by atoms with Crippen molar-refractivity contribution in [3.63, 3.8) is 0 Å². The van der Waals surface area contributed by atoms with Crippen LogP contribution in [0, 0.1) is 0 Å². The van der Waals surface area contributed by atoms with Crippen LogP contribution in [0.1, 0.15) is 37.3 Å². The Labute approximate surface area is 129 Å². The molecule has 1 saturated heterocycles. The van der Waals surface area contributed by atoms with Gasteiger partial charge >= 0.3 is 0 Å². The van der Waals surface area contributed by atoms with E-state index in [2.05, 4.69) is 5.32 Å². The summed E-state index contributed by atoms with van der Waals surface area (Å²) in [4.78, 5) is 10.9. The lowest BCUT2D eigenvalue weighted by atomic mass is 9.52. The van der Waals surface area contributed by atoms with Crippen molar-refractivity contribution in [1.82, 2.24) is 5.32 Å². The normalized spacial score (nSPS) is 38.3. The third kappa shape index (κ3) is 1.43. The van der Waals surface area contributed by atoms with Gasteiger partial charge in [-0.25, -0.2) is 0 Å². The minimum absolute atomic E-state index is 0.0877. The van der Waals surface area contributed by atoms with Crippen LogP contribution >= 0.6 is 0 Å². The molecule has 1 fully saturated rings. The van der Waals surface area contributed by atoms with Crippen molar-refractivity contribution < 1.29 is 19.7 Å². The molecule has 3 aliphatic rings. The molecule has 3 N–H and O–H groups in total. The maximum absolute atomic E-state index is 11.6. The molecule has 0 aromatic heterocycles. The molecule has 1 aliphatic carbocycles. The van der Waals surface area contributed by atoms with E-state index in [1.807, 2.05) is 13.0 Å². The van der Waals surface area contributed by atoms with E-state index in [-0.39, 0.29) is 17.9 Å². The third-order valence-electron chi connectivity index (χ3n) is 5.98. The van der Waals surface area contributed by atoms with E-state index in [9.17, 15) is 15.0 Å². The number of ether oxygens (including phenoxy) is 1. The molecule has 5 nitrogen and oxygen atoms in total. The number of aliphatic hydroxyl groups is 1. The molecule has 0 unspecified atom stereocenters. The van der Waals surface area contributed by atoms with Crippen molar-refractivity contribution in [2.75, 3.05) is 6.54 Å². The standard InChI is InChI=1S/C17H21NO4/c1-10-16-6-7-18-13(17(16,21)5-2-8-19)9-11-3-4-12(20)15(22-10)14(11)16/h3-4,8,10,13,18,20-21H,2,5-7,9H2,1H3/t10-,13+,16+,17+/m0/s1. The van der Waals surface area contributed by atoms with E-state index in [0.29, 0.717) is 25.0 Å². The fourth-order valence-electron chi connectivity index (χ4n) is 5.05. The summed E-state index contributed by atoms with van der Waals surface area (Å²) >= 11 is 0. The highest BCUT2D eigenvalue weighted by Gasteiger charge is 2.67. The summed E-state index contributed by atoms with van der Waals surface area (Å²) in [6, 6.07) is 3.52. The molecule has 4 rings (SSSR count). The van der Waals surface area contributed by atoms with Gasteiger partial charge in [0.1, 0.15) is 12.4 Å². The molecule has 0 saturated carbocycles. The molecule has 2 heterocycles. The number of phenols is 1. The maximum Gasteiger partial charge on any atom is 0.165 e. The predicted molar refractivity (Wildman–Crippen MR) is 80.2 cm³/mol. The molecule has 2 bridgehead atoms. The SMILES string of the molecule is C[C@@H]1Oc2c(O)ccc3c2[C@@]12CCN[C@H](C3)[C@]2(O)CCC=O. The van der Waals surface area contributed by atoms with Gasteiger partial charge in [-0.2, -0.15) is 0 Å². The van der Waals surface area contributed by atoms with Crippen molar-refractivity contribution in [1.29, 1.82) is 0 Å². The van der Waals surface area contributed by atoms with Crippen LogP contribution in [0.4, 0.5) is 0 Å². The van der Waals surface area contributed by atoms with Crippen LogP contribution in [0.15, 0.2) is 12.1 Å². The summed E-state index contributed by atoms with van der Waals surface area (Å²) < 4.78 is 5.99. The Morgan fingerprint density at radius 2 is 2.32 bits per heavy atom. The van der Waals surface area contributed by atoms with Gasteiger partial charge in [-0.15, -0.1) is 0 Å². The van der Waals surface area contributed by atoms with Crippen molar-refractivity contribution in [3.05, 3.63) is 23.3 Å². The van der Waals surface area contributed by atoms with Gasteiger partial charge in [-0.05, 0) is 44.4 Å². The van der Waals surface area contributed by atoms with E-state index in [4.69, 9.17) is 4.74 Å². The monoisotopic (exact) mass is 303 g/mol. The quantitative estimate of drug-likeness (QED) is 0.727. The maximum atomic E-state index is 11.6. The number of fused-ring (bicyclic) bond motifs is 1. The molecule has 1 aromatic carbocycles. The number of piperidine rings is 1. The fourth-order valence-corrected chi connectivity index (χ4v) is 5.05. The summed E-state index contributed by atoms with van der Waals surface area (Å²) in [6.07, 6.45) is 2.81. The van der Waals surface area contributed by atoms with Crippen LogP contribution in [0.3, 0.4) is 0 Å². The van der Waals surface area contributed by atoms with E-state index in [1.165, 1.54) is 0 Å². The highest BCUT2D eigenvalue weighted by atomic mass is 16.5. The number of rotatable bonds is 3. The Morgan fingerprint density at radius 3 is 3.09 bits per heavy atom. The molecule has 4 atom stereocenters. The molecule has 5 heteroatoms. The topological polar surface area (TPSA) is 78.8 Å². The molecular formula is C17H21NO4. The number of carbonyl (C=O) groups excluding carboxylic acids is 1. The van der Waals surface area contributed by atoms with Gasteiger partial charge in [0.2, 0.25) is 0 Å². The summed E-state index contributed by atoms with van der Waals surface area (Å²) in [5, 5.41) is 25.2. The largest absolute Gasteiger partial charge is 0.504 e. The van der Waals surface area contributed by atoms with Gasteiger partial charge in [0.05, 0.1) is 11.0 Å². The molecule has 2 aliphatic heterocycles. The number of aromatic hydroxyl groups is 1. The summed E-state index contributed by atoms with van der Waals surface area (Å²) in [5.41, 5.74) is 0.516. The first kappa shape index (κ1) is 14.0. The van der Waals surface area contributed by atoms with Crippen LogP contribution in [0.2, 0.25) is 0 Å². The minimum Gasteiger partial charge on any atom is -0.504 e. The zero-order valence-corrected chi connectivity index (χ0v) is 12.6. The molecular weight excluding hydrogens is 282 g/mol. The zero-order chi connectivity index (χ0) is 15.5. The minimum atomic E-state index is -1.03. The number of aldehydes is 1. The van der Waals surface area contributed by atoms with Crippen LogP contribution in [-0.4, -0.2) is 40.8 Å². The van der Waals surface area contributed by atoms with Crippen molar-refractivity contribution >= 4 is 6.29 Å². The van der Waals surface area contributed by atoms with Gasteiger partial charge in [0.15, 0.2) is 11.5 Å². The second-order valence-electron chi connectivity index (χ2n) is 6.77. The van der Waals surface area contributed by atoms with E-state index < -0.39 is 11.0 Å². The molecule has 118 valence electrons. The lowest BCUT2D eigenvalue weighted by Crippen LogP contribution is -2.72. The number of nitrogens with one attached hydrogen (secondary N) is 1. The highest BCUT2D eigenvalue weighted by Crippen LogP contribution is 2.61. The zero-order valence-electron chi connectivity index (χ0n) is 12.6. The second kappa shape index (κ2) is 4.46. The number of hydrogen-bond donors (Lipinski definition) is 3. The number of hydrogen-bond acceptors (Lipinski definition) is 5. The van der Waals surface area contributed by atoms with Gasteiger partial charge in [-0.3, -0.25) is 0 Å². The van der Waals surface area contributed by atoms with Crippen LogP contribution < -0.4 is 10.1 Å². The van der Waals surface area contributed by atoms with E-state index in [0.717, 1.165) is 30.4 Å². The number of carbonyl (C=O) groups is 1. The predicted octanol–water partition coefficient (Wildman–Crippen LogP) is 1.04. The average molecular weight is 303 g/mol.